The van der Waals surface area contributed by atoms with E-state index in [1.54, 1.807) is 0 Å². The molecule has 4 bridgehead atoms. The van der Waals surface area contributed by atoms with Crippen LogP contribution in [0.5, 0.6) is 0 Å². The molecule has 5 fully saturated rings. The van der Waals surface area contributed by atoms with Crippen LogP contribution in [0.4, 0.5) is 0 Å². The fourth-order valence-electron chi connectivity index (χ4n) is 9.23. The minimum Gasteiger partial charge on any atom is -0.458 e. The molecule has 236 valence electrons. The Morgan fingerprint density at radius 3 is 1.34 bits per heavy atom. The van der Waals surface area contributed by atoms with Gasteiger partial charge in [-0.1, -0.05) is 60.7 Å². The van der Waals surface area contributed by atoms with E-state index in [0.29, 0.717) is 12.1 Å². The van der Waals surface area contributed by atoms with Gasteiger partial charge in [0, 0.05) is 49.9 Å². The van der Waals surface area contributed by atoms with E-state index < -0.39 is 0 Å². The highest BCUT2D eigenvalue weighted by Gasteiger charge is 2.59. The molecule has 8 heteroatoms. The highest BCUT2D eigenvalue weighted by molar-refractivity contribution is 5.66. The predicted molar refractivity (Wildman–Crippen MR) is 165 cm³/mol. The summed E-state index contributed by atoms with van der Waals surface area (Å²) in [5.41, 5.74) is 2.35. The van der Waals surface area contributed by atoms with Crippen molar-refractivity contribution in [1.82, 2.24) is 9.80 Å². The quantitative estimate of drug-likeness (QED) is 0.404. The van der Waals surface area contributed by atoms with Gasteiger partial charge in [0.15, 0.2) is 0 Å². The van der Waals surface area contributed by atoms with Gasteiger partial charge in [0.25, 0.3) is 0 Å². The summed E-state index contributed by atoms with van der Waals surface area (Å²) in [7, 11) is 4.30. The fraction of sp³-hybridized carbons (Fsp3) is 0.611. The number of piperidine rings is 2. The number of fused-ring (bicyclic) bond motifs is 4. The van der Waals surface area contributed by atoms with Crippen molar-refractivity contribution in [3.05, 3.63) is 71.8 Å². The van der Waals surface area contributed by atoms with Crippen molar-refractivity contribution in [2.75, 3.05) is 14.1 Å². The number of benzene rings is 2. The molecule has 8 atom stereocenters. The summed E-state index contributed by atoms with van der Waals surface area (Å²) in [6.45, 7) is 3.00. The van der Waals surface area contributed by atoms with Crippen LogP contribution in [-0.4, -0.2) is 96.6 Å². The van der Waals surface area contributed by atoms with Gasteiger partial charge in [0.05, 0.1) is 24.4 Å². The highest BCUT2D eigenvalue weighted by Crippen LogP contribution is 2.54. The lowest BCUT2D eigenvalue weighted by Gasteiger charge is -2.56. The molecule has 4 saturated heterocycles. The first kappa shape index (κ1) is 29.9. The number of ether oxygens (including phenoxy) is 4. The molecular formula is C36H46N2O6. The van der Waals surface area contributed by atoms with Gasteiger partial charge in [-0.05, 0) is 63.7 Å². The Bertz CT molecular complexity index is 1210. The smallest absolute Gasteiger partial charge is 0.303 e. The number of rotatable bonds is 8. The Morgan fingerprint density at radius 2 is 0.977 bits per heavy atom. The topological polar surface area (TPSA) is 77.5 Å². The lowest BCUT2D eigenvalue weighted by Crippen LogP contribution is -2.62. The van der Waals surface area contributed by atoms with Gasteiger partial charge in [-0.3, -0.25) is 19.4 Å². The number of likely N-dealkylation sites (N-methyl/N-ethyl adjacent to an activating group) is 2. The molecule has 8 unspecified atom stereocenters. The second kappa shape index (κ2) is 12.2. The molecule has 44 heavy (non-hydrogen) atoms. The zero-order valence-corrected chi connectivity index (χ0v) is 26.3. The largest absolute Gasteiger partial charge is 0.458 e. The third-order valence-electron chi connectivity index (χ3n) is 11.3. The molecule has 1 aliphatic carbocycles. The maximum absolute atomic E-state index is 12.3. The average Bonchev–Trinajstić information content (AvgIpc) is 3.40. The molecule has 2 aromatic carbocycles. The molecular weight excluding hydrogens is 556 g/mol. The molecule has 4 aliphatic heterocycles. The van der Waals surface area contributed by atoms with Crippen molar-refractivity contribution in [3.63, 3.8) is 0 Å². The van der Waals surface area contributed by atoms with E-state index in [4.69, 9.17) is 18.9 Å². The molecule has 8 nitrogen and oxygen atoms in total. The zero-order chi connectivity index (χ0) is 30.5. The van der Waals surface area contributed by atoms with Crippen molar-refractivity contribution in [3.8, 4) is 0 Å². The molecule has 0 aromatic heterocycles. The van der Waals surface area contributed by atoms with Crippen LogP contribution in [0.1, 0.15) is 75.3 Å². The number of hydrogen-bond donors (Lipinski definition) is 0. The summed E-state index contributed by atoms with van der Waals surface area (Å²) in [5.74, 6) is -0.562. The average molecular weight is 603 g/mol. The Balaban J connectivity index is 1.23. The van der Waals surface area contributed by atoms with Crippen molar-refractivity contribution in [2.24, 2.45) is 0 Å². The van der Waals surface area contributed by atoms with E-state index in [9.17, 15) is 9.59 Å². The lowest BCUT2D eigenvalue weighted by atomic mass is 9.62. The molecule has 2 aromatic rings. The summed E-state index contributed by atoms with van der Waals surface area (Å²) >= 11 is 0. The molecule has 1 saturated carbocycles. The van der Waals surface area contributed by atoms with Crippen LogP contribution < -0.4 is 0 Å². The normalized spacial score (nSPS) is 39.9. The van der Waals surface area contributed by atoms with Crippen LogP contribution in [0.25, 0.3) is 0 Å². The van der Waals surface area contributed by atoms with E-state index in [1.807, 2.05) is 12.1 Å². The fourth-order valence-corrected chi connectivity index (χ4v) is 9.23. The van der Waals surface area contributed by atoms with Gasteiger partial charge in [-0.15, -0.1) is 0 Å². The van der Waals surface area contributed by atoms with E-state index >= 15 is 0 Å². The minimum absolute atomic E-state index is 0.0213. The maximum Gasteiger partial charge on any atom is 0.303 e. The van der Waals surface area contributed by atoms with E-state index in [-0.39, 0.29) is 72.5 Å². The maximum atomic E-state index is 12.3. The molecule has 4 heterocycles. The first-order valence-corrected chi connectivity index (χ1v) is 16.5. The highest BCUT2D eigenvalue weighted by atomic mass is 16.6. The molecule has 0 spiro atoms. The van der Waals surface area contributed by atoms with Gasteiger partial charge in [-0.25, -0.2) is 0 Å². The Labute approximate surface area is 261 Å². The van der Waals surface area contributed by atoms with Crippen LogP contribution in [0.3, 0.4) is 0 Å². The number of carbonyl (C=O) groups excluding carboxylic acids is 2. The standard InChI is InChI=1S/C36H46N2O6/c1-21(39)41-33-27-17-15-25(37(27)3)19-29(33)43-35-31(23-11-7-5-8-12-23)36(32(35)24-13-9-6-10-14-24)44-30-20-26-16-18-28(38(26)4)34(30)42-22(2)40/h5-14,25-36H,15-20H2,1-4H3. The first-order chi connectivity index (χ1) is 21.3. The summed E-state index contributed by atoms with van der Waals surface area (Å²) in [6.07, 6.45) is 4.57. The Hall–Kier alpha value is -2.78. The van der Waals surface area contributed by atoms with Gasteiger partial charge in [0.1, 0.15) is 12.2 Å². The monoisotopic (exact) mass is 602 g/mol. The van der Waals surface area contributed by atoms with Crippen LogP contribution in [-0.2, 0) is 28.5 Å². The third kappa shape index (κ3) is 5.38. The predicted octanol–water partition coefficient (Wildman–Crippen LogP) is 4.67. The number of esters is 2. The van der Waals surface area contributed by atoms with Crippen molar-refractivity contribution in [2.45, 2.75) is 125 Å². The van der Waals surface area contributed by atoms with Crippen LogP contribution >= 0.6 is 0 Å². The molecule has 0 amide bonds. The number of carbonyl (C=O) groups is 2. The van der Waals surface area contributed by atoms with Crippen LogP contribution in [0.15, 0.2) is 60.7 Å². The van der Waals surface area contributed by atoms with Gasteiger partial charge in [0.2, 0.25) is 0 Å². The van der Waals surface area contributed by atoms with E-state index in [1.165, 1.54) is 25.0 Å². The summed E-state index contributed by atoms with van der Waals surface area (Å²) < 4.78 is 26.4. The van der Waals surface area contributed by atoms with Gasteiger partial charge >= 0.3 is 11.9 Å². The third-order valence-corrected chi connectivity index (χ3v) is 11.3. The van der Waals surface area contributed by atoms with Gasteiger partial charge in [-0.2, -0.15) is 0 Å². The van der Waals surface area contributed by atoms with Crippen molar-refractivity contribution < 1.29 is 28.5 Å². The van der Waals surface area contributed by atoms with E-state index in [0.717, 1.165) is 38.5 Å². The molecule has 5 aliphatic rings. The number of hydrogen-bond acceptors (Lipinski definition) is 8. The summed E-state index contributed by atoms with van der Waals surface area (Å²) in [5, 5.41) is 0. The summed E-state index contributed by atoms with van der Waals surface area (Å²) in [6, 6.07) is 22.2. The number of nitrogens with zero attached hydrogens (tertiary/aromatic N) is 2. The molecule has 7 rings (SSSR count). The molecule has 0 radical (unpaired) electrons. The SMILES string of the molecule is CC(=O)OC1C(OC2C(c3ccccc3)C(OC3CC4CCC(C3OC(C)=O)N4C)C2c2ccccc2)CC2CCC1N2C. The Kier molecular flexibility index (Phi) is 8.29. The molecule has 0 N–H and O–H groups in total. The van der Waals surface area contributed by atoms with Crippen molar-refractivity contribution in [1.29, 1.82) is 0 Å². The van der Waals surface area contributed by atoms with Crippen LogP contribution in [0, 0.1) is 0 Å². The second-order valence-corrected chi connectivity index (χ2v) is 13.7. The van der Waals surface area contributed by atoms with Gasteiger partial charge < -0.3 is 18.9 Å². The summed E-state index contributed by atoms with van der Waals surface area (Å²) in [4.78, 5) is 29.3. The second-order valence-electron chi connectivity index (χ2n) is 13.7. The lowest BCUT2D eigenvalue weighted by molar-refractivity contribution is -0.231. The minimum atomic E-state index is -0.304. The van der Waals surface area contributed by atoms with Crippen molar-refractivity contribution >= 4 is 11.9 Å². The Morgan fingerprint density at radius 1 is 0.591 bits per heavy atom. The van der Waals surface area contributed by atoms with Crippen LogP contribution in [0.2, 0.25) is 0 Å². The first-order valence-electron chi connectivity index (χ1n) is 16.5. The van der Waals surface area contributed by atoms with E-state index in [2.05, 4.69) is 72.4 Å². The zero-order valence-electron chi connectivity index (χ0n) is 26.3.